The first-order chi connectivity index (χ1) is 5.85. The van der Waals surface area contributed by atoms with Crippen LogP contribution in [0.5, 0.6) is 0 Å². The van der Waals surface area contributed by atoms with Crippen LogP contribution in [0.2, 0.25) is 0 Å². The van der Waals surface area contributed by atoms with Gasteiger partial charge in [-0.05, 0) is 43.6 Å². The highest BCUT2D eigenvalue weighted by molar-refractivity contribution is 5.08. The molecule has 2 fully saturated rings. The molecule has 12 heavy (non-hydrogen) atoms. The molecule has 0 spiro atoms. The van der Waals surface area contributed by atoms with Crippen LogP contribution >= 0.6 is 0 Å². The van der Waals surface area contributed by atoms with Gasteiger partial charge in [0.05, 0.1) is 6.04 Å². The van der Waals surface area contributed by atoms with Crippen molar-refractivity contribution in [3.63, 3.8) is 0 Å². The summed E-state index contributed by atoms with van der Waals surface area (Å²) in [5.41, 5.74) is 0. The standard InChI is InChI=1S/C11H17N/c1-3-11(12-4-2)10-6-8-5-9(8)7-10/h1,8-12H,4-7H2,2H3. The van der Waals surface area contributed by atoms with Crippen LogP contribution in [-0.4, -0.2) is 12.6 Å². The number of nitrogens with one attached hydrogen (secondary N) is 1. The van der Waals surface area contributed by atoms with Crippen LogP contribution in [0.1, 0.15) is 26.2 Å². The van der Waals surface area contributed by atoms with Gasteiger partial charge in [-0.25, -0.2) is 0 Å². The Bertz CT molecular complexity index is 194. The second kappa shape index (κ2) is 3.11. The van der Waals surface area contributed by atoms with E-state index in [0.717, 1.165) is 24.3 Å². The molecule has 0 aromatic heterocycles. The second-order valence-electron chi connectivity index (χ2n) is 4.19. The Hall–Kier alpha value is -0.480. The van der Waals surface area contributed by atoms with E-state index >= 15 is 0 Å². The van der Waals surface area contributed by atoms with Crippen molar-refractivity contribution in [1.29, 1.82) is 0 Å². The lowest BCUT2D eigenvalue weighted by Gasteiger charge is -2.20. The Morgan fingerprint density at radius 2 is 2.08 bits per heavy atom. The largest absolute Gasteiger partial charge is 0.304 e. The van der Waals surface area contributed by atoms with Gasteiger partial charge in [0, 0.05) is 0 Å². The Labute approximate surface area is 74.9 Å². The summed E-state index contributed by atoms with van der Waals surface area (Å²) >= 11 is 0. The molecule has 2 aliphatic rings. The minimum absolute atomic E-state index is 0.350. The van der Waals surface area contributed by atoms with Crippen LogP contribution in [0, 0.1) is 30.1 Å². The van der Waals surface area contributed by atoms with Gasteiger partial charge >= 0.3 is 0 Å². The molecule has 1 nitrogen and oxygen atoms in total. The molecule has 0 radical (unpaired) electrons. The van der Waals surface area contributed by atoms with Crippen molar-refractivity contribution < 1.29 is 0 Å². The van der Waals surface area contributed by atoms with E-state index < -0.39 is 0 Å². The van der Waals surface area contributed by atoms with Crippen LogP contribution in [0.3, 0.4) is 0 Å². The molecule has 2 saturated carbocycles. The third-order valence-electron chi connectivity index (χ3n) is 3.36. The van der Waals surface area contributed by atoms with Gasteiger partial charge in [0.2, 0.25) is 0 Å². The van der Waals surface area contributed by atoms with Gasteiger partial charge in [0.15, 0.2) is 0 Å². The van der Waals surface area contributed by atoms with Crippen molar-refractivity contribution in [2.45, 2.75) is 32.2 Å². The van der Waals surface area contributed by atoms with Crippen molar-refractivity contribution in [2.75, 3.05) is 6.54 Å². The van der Waals surface area contributed by atoms with Crippen LogP contribution in [0.15, 0.2) is 0 Å². The predicted octanol–water partition coefficient (Wildman–Crippen LogP) is 1.64. The molecule has 0 saturated heterocycles. The number of hydrogen-bond donors (Lipinski definition) is 1. The van der Waals surface area contributed by atoms with Gasteiger partial charge < -0.3 is 5.32 Å². The van der Waals surface area contributed by atoms with E-state index in [4.69, 9.17) is 6.42 Å². The van der Waals surface area contributed by atoms with E-state index in [2.05, 4.69) is 18.2 Å². The maximum absolute atomic E-state index is 5.49. The number of terminal acetylenes is 1. The monoisotopic (exact) mass is 163 g/mol. The van der Waals surface area contributed by atoms with E-state index in [1.54, 1.807) is 0 Å². The van der Waals surface area contributed by atoms with Crippen molar-refractivity contribution in [2.24, 2.45) is 17.8 Å². The SMILES string of the molecule is C#CC(NCC)C1CC2CC2C1. The zero-order valence-corrected chi connectivity index (χ0v) is 7.72. The van der Waals surface area contributed by atoms with E-state index in [1.165, 1.54) is 19.3 Å². The molecular formula is C11H17N. The lowest BCUT2D eigenvalue weighted by Crippen LogP contribution is -2.34. The van der Waals surface area contributed by atoms with E-state index in [0.29, 0.717) is 6.04 Å². The van der Waals surface area contributed by atoms with Crippen molar-refractivity contribution >= 4 is 0 Å². The van der Waals surface area contributed by atoms with E-state index in [9.17, 15) is 0 Å². The van der Waals surface area contributed by atoms with Crippen LogP contribution in [0.25, 0.3) is 0 Å². The predicted molar refractivity (Wildman–Crippen MR) is 50.6 cm³/mol. The highest BCUT2D eigenvalue weighted by Gasteiger charge is 2.47. The maximum atomic E-state index is 5.49. The zero-order valence-electron chi connectivity index (χ0n) is 7.72. The van der Waals surface area contributed by atoms with Crippen molar-refractivity contribution in [3.8, 4) is 12.3 Å². The molecule has 2 aliphatic carbocycles. The number of fused-ring (bicyclic) bond motifs is 1. The summed E-state index contributed by atoms with van der Waals surface area (Å²) in [4.78, 5) is 0. The fourth-order valence-electron chi connectivity index (χ4n) is 2.62. The molecule has 1 N–H and O–H groups in total. The molecule has 66 valence electrons. The van der Waals surface area contributed by atoms with Crippen molar-refractivity contribution in [1.82, 2.24) is 5.32 Å². The fourth-order valence-corrected chi connectivity index (χ4v) is 2.62. The van der Waals surface area contributed by atoms with Crippen LogP contribution < -0.4 is 5.32 Å². The molecule has 0 aromatic carbocycles. The maximum Gasteiger partial charge on any atom is 0.0715 e. The smallest absolute Gasteiger partial charge is 0.0715 e. The quantitative estimate of drug-likeness (QED) is 0.624. The zero-order chi connectivity index (χ0) is 8.55. The van der Waals surface area contributed by atoms with Crippen LogP contribution in [0.4, 0.5) is 0 Å². The summed E-state index contributed by atoms with van der Waals surface area (Å²) in [6.07, 6.45) is 9.74. The van der Waals surface area contributed by atoms with Gasteiger partial charge in [-0.15, -0.1) is 6.42 Å². The minimum Gasteiger partial charge on any atom is -0.304 e. The summed E-state index contributed by atoms with van der Waals surface area (Å²) in [5, 5.41) is 3.38. The molecule has 3 unspecified atom stereocenters. The minimum atomic E-state index is 0.350. The first-order valence-corrected chi connectivity index (χ1v) is 5.04. The van der Waals surface area contributed by atoms with Gasteiger partial charge in [0.25, 0.3) is 0 Å². The van der Waals surface area contributed by atoms with Gasteiger partial charge in [-0.3, -0.25) is 0 Å². The summed E-state index contributed by atoms with van der Waals surface area (Å²) < 4.78 is 0. The first-order valence-electron chi connectivity index (χ1n) is 5.04. The van der Waals surface area contributed by atoms with E-state index in [1.807, 2.05) is 0 Å². The third-order valence-corrected chi connectivity index (χ3v) is 3.36. The second-order valence-corrected chi connectivity index (χ2v) is 4.19. The first kappa shape index (κ1) is 8.13. The highest BCUT2D eigenvalue weighted by Crippen LogP contribution is 2.55. The fraction of sp³-hybridized carbons (Fsp3) is 0.818. The summed E-state index contributed by atoms with van der Waals surface area (Å²) in [7, 11) is 0. The van der Waals surface area contributed by atoms with E-state index in [-0.39, 0.29) is 0 Å². The van der Waals surface area contributed by atoms with Gasteiger partial charge in [0.1, 0.15) is 0 Å². The molecule has 0 bridgehead atoms. The normalized spacial score (nSPS) is 40.2. The Morgan fingerprint density at radius 1 is 1.42 bits per heavy atom. The summed E-state index contributed by atoms with van der Waals surface area (Å²) in [6, 6.07) is 0.350. The number of rotatable bonds is 3. The van der Waals surface area contributed by atoms with Crippen molar-refractivity contribution in [3.05, 3.63) is 0 Å². The molecule has 0 aromatic rings. The third kappa shape index (κ3) is 1.36. The Morgan fingerprint density at radius 3 is 2.58 bits per heavy atom. The topological polar surface area (TPSA) is 12.0 Å². The summed E-state index contributed by atoms with van der Waals surface area (Å²) in [6.45, 7) is 3.13. The van der Waals surface area contributed by atoms with Gasteiger partial charge in [-0.1, -0.05) is 12.8 Å². The summed E-state index contributed by atoms with van der Waals surface area (Å²) in [5.74, 6) is 5.74. The number of hydrogen-bond acceptors (Lipinski definition) is 1. The molecule has 0 heterocycles. The Kier molecular flexibility index (Phi) is 2.11. The van der Waals surface area contributed by atoms with Crippen LogP contribution in [-0.2, 0) is 0 Å². The Balaban J connectivity index is 1.86. The molecule has 0 aliphatic heterocycles. The molecule has 3 atom stereocenters. The molecular weight excluding hydrogens is 146 g/mol. The lowest BCUT2D eigenvalue weighted by molar-refractivity contribution is 0.397. The molecule has 0 amide bonds. The van der Waals surface area contributed by atoms with Gasteiger partial charge in [-0.2, -0.15) is 0 Å². The average Bonchev–Trinajstić information content (AvgIpc) is 2.70. The lowest BCUT2D eigenvalue weighted by atomic mass is 9.95. The molecule has 2 rings (SSSR count). The highest BCUT2D eigenvalue weighted by atomic mass is 14.9. The average molecular weight is 163 g/mol. The molecule has 1 heteroatoms.